The molecule has 12 heteroatoms. The maximum atomic E-state index is 13.2. The molecule has 0 aromatic heterocycles. The smallest absolute Gasteiger partial charge is 0.335 e. The summed E-state index contributed by atoms with van der Waals surface area (Å²) in [5, 5.41) is 20.3. The summed E-state index contributed by atoms with van der Waals surface area (Å²) in [5.74, 6) is -0.595. The van der Waals surface area contributed by atoms with E-state index in [4.69, 9.17) is 19.3 Å². The summed E-state index contributed by atoms with van der Waals surface area (Å²) in [6.07, 6.45) is -0.143. The Bertz CT molecular complexity index is 1670. The van der Waals surface area contributed by atoms with Gasteiger partial charge in [-0.2, -0.15) is 0 Å². The molecule has 0 aliphatic carbocycles. The number of anilines is 3. The predicted molar refractivity (Wildman–Crippen MR) is 168 cm³/mol. The Morgan fingerprint density at radius 2 is 1.27 bits per heavy atom. The van der Waals surface area contributed by atoms with Crippen LogP contribution in [-0.4, -0.2) is 50.3 Å². The van der Waals surface area contributed by atoms with Crippen molar-refractivity contribution in [2.45, 2.75) is 12.5 Å². The second-order valence-electron chi connectivity index (χ2n) is 9.63. The van der Waals surface area contributed by atoms with Gasteiger partial charge in [-0.25, -0.2) is 9.59 Å². The maximum Gasteiger partial charge on any atom is 0.335 e. The van der Waals surface area contributed by atoms with Gasteiger partial charge in [0.05, 0.1) is 45.0 Å². The van der Waals surface area contributed by atoms with Gasteiger partial charge in [0.25, 0.3) is 5.91 Å². The van der Waals surface area contributed by atoms with E-state index in [9.17, 15) is 19.2 Å². The molecular formula is C33H32N4O8. The van der Waals surface area contributed by atoms with Gasteiger partial charge in [0.2, 0.25) is 5.91 Å². The Kier molecular flexibility index (Phi) is 10.6. The fraction of sp³-hybridized carbons (Fsp3) is 0.152. The summed E-state index contributed by atoms with van der Waals surface area (Å²) in [5.41, 5.74) is 2.32. The molecule has 0 radical (unpaired) electrons. The third-order valence-electron chi connectivity index (χ3n) is 6.68. The molecule has 1 atom stereocenters. The number of hydrogen-bond acceptors (Lipinski definition) is 7. The third-order valence-corrected chi connectivity index (χ3v) is 6.68. The highest BCUT2D eigenvalue weighted by Gasteiger charge is 2.22. The first-order valence-corrected chi connectivity index (χ1v) is 13.7. The van der Waals surface area contributed by atoms with Gasteiger partial charge in [-0.3, -0.25) is 9.59 Å². The van der Waals surface area contributed by atoms with E-state index in [1.54, 1.807) is 66.7 Å². The van der Waals surface area contributed by atoms with Crippen LogP contribution in [0.1, 0.15) is 38.7 Å². The molecule has 4 rings (SSSR count). The van der Waals surface area contributed by atoms with Crippen LogP contribution in [0, 0.1) is 0 Å². The van der Waals surface area contributed by atoms with Crippen molar-refractivity contribution >= 4 is 40.9 Å². The van der Waals surface area contributed by atoms with Crippen LogP contribution in [0.15, 0.2) is 91.0 Å². The van der Waals surface area contributed by atoms with Gasteiger partial charge in [0.15, 0.2) is 11.5 Å². The van der Waals surface area contributed by atoms with Crippen LogP contribution in [0.25, 0.3) is 0 Å². The summed E-state index contributed by atoms with van der Waals surface area (Å²) in [6, 6.07) is 22.8. The minimum Gasteiger partial charge on any atom is -0.495 e. The molecule has 45 heavy (non-hydrogen) atoms. The molecule has 4 aromatic carbocycles. The molecule has 0 aliphatic rings. The third kappa shape index (κ3) is 8.51. The first-order chi connectivity index (χ1) is 21.7. The quantitative estimate of drug-likeness (QED) is 0.139. The second kappa shape index (κ2) is 14.9. The van der Waals surface area contributed by atoms with Crippen molar-refractivity contribution in [3.05, 3.63) is 108 Å². The number of ether oxygens (including phenoxy) is 3. The summed E-state index contributed by atoms with van der Waals surface area (Å²) < 4.78 is 16.0. The van der Waals surface area contributed by atoms with E-state index in [2.05, 4.69) is 21.3 Å². The van der Waals surface area contributed by atoms with Gasteiger partial charge in [-0.15, -0.1) is 0 Å². The normalized spacial score (nSPS) is 11.0. The molecule has 232 valence electrons. The average molecular weight is 613 g/mol. The van der Waals surface area contributed by atoms with E-state index >= 15 is 0 Å². The van der Waals surface area contributed by atoms with E-state index in [1.807, 2.05) is 0 Å². The number of urea groups is 1. The largest absolute Gasteiger partial charge is 0.495 e. The zero-order valence-corrected chi connectivity index (χ0v) is 24.7. The molecule has 12 nitrogen and oxygen atoms in total. The fourth-order valence-electron chi connectivity index (χ4n) is 4.39. The fourth-order valence-corrected chi connectivity index (χ4v) is 4.39. The lowest BCUT2D eigenvalue weighted by Crippen LogP contribution is -2.31. The Balaban J connectivity index is 1.44. The molecule has 0 bridgehead atoms. The Hall–Kier alpha value is -6.04. The topological polar surface area (TPSA) is 164 Å². The summed E-state index contributed by atoms with van der Waals surface area (Å²) >= 11 is 0. The minimum atomic E-state index is -1.11. The second-order valence-corrected chi connectivity index (χ2v) is 9.63. The minimum absolute atomic E-state index is 0.0423. The van der Waals surface area contributed by atoms with E-state index in [1.165, 1.54) is 45.6 Å². The number of carboxylic acid groups (broad SMARTS) is 1. The maximum absolute atomic E-state index is 13.2. The first-order valence-electron chi connectivity index (χ1n) is 13.7. The molecule has 0 saturated heterocycles. The predicted octanol–water partition coefficient (Wildman–Crippen LogP) is 5.55. The monoisotopic (exact) mass is 612 g/mol. The Labute approximate surface area is 259 Å². The number of hydrogen-bond donors (Lipinski definition) is 5. The summed E-state index contributed by atoms with van der Waals surface area (Å²) in [4.78, 5) is 49.9. The van der Waals surface area contributed by atoms with Gasteiger partial charge in [-0.1, -0.05) is 18.2 Å². The first kappa shape index (κ1) is 31.9. The van der Waals surface area contributed by atoms with Gasteiger partial charge in [-0.05, 0) is 78.4 Å². The van der Waals surface area contributed by atoms with Crippen LogP contribution in [0.2, 0.25) is 0 Å². The van der Waals surface area contributed by atoms with Crippen molar-refractivity contribution in [3.8, 4) is 17.2 Å². The zero-order chi connectivity index (χ0) is 32.3. The number of rotatable bonds is 12. The molecule has 0 heterocycles. The summed E-state index contributed by atoms with van der Waals surface area (Å²) in [6.45, 7) is 0. The van der Waals surface area contributed by atoms with Crippen molar-refractivity contribution in [1.29, 1.82) is 0 Å². The van der Waals surface area contributed by atoms with E-state index in [0.717, 1.165) is 0 Å². The van der Waals surface area contributed by atoms with Gasteiger partial charge < -0.3 is 40.6 Å². The number of benzene rings is 4. The number of carbonyl (C=O) groups excluding carboxylic acids is 3. The lowest BCUT2D eigenvalue weighted by Gasteiger charge is -2.21. The molecule has 4 amide bonds. The van der Waals surface area contributed by atoms with Gasteiger partial charge in [0, 0.05) is 16.9 Å². The van der Waals surface area contributed by atoms with E-state index in [-0.39, 0.29) is 17.5 Å². The number of carboxylic acids is 1. The average Bonchev–Trinajstić information content (AvgIpc) is 3.05. The number of amides is 4. The van der Waals surface area contributed by atoms with Crippen molar-refractivity contribution in [2.24, 2.45) is 0 Å². The standard InChI is InChI=1S/C33H32N4O8/c1-43-27-7-5-4-6-25(27)37-33(42)35-24-15-13-23(14-16-24)34-30(38)19-26(22-12-17-28(44-2)29(18-22)45-3)36-31(39)20-8-10-21(11-9-20)32(40)41/h4-18,26H,19H2,1-3H3,(H,34,38)(H,36,39)(H,40,41)(H2,35,37,42). The number of aromatic carboxylic acids is 1. The molecule has 4 aromatic rings. The van der Waals surface area contributed by atoms with Gasteiger partial charge >= 0.3 is 12.0 Å². The molecule has 5 N–H and O–H groups in total. The highest BCUT2D eigenvalue weighted by molar-refractivity contribution is 6.01. The van der Waals surface area contributed by atoms with Gasteiger partial charge in [0.1, 0.15) is 5.75 Å². The SMILES string of the molecule is COc1ccccc1NC(=O)Nc1ccc(NC(=O)CC(NC(=O)c2ccc(C(=O)O)cc2)c2ccc(OC)c(OC)c2)cc1. The molecule has 0 spiro atoms. The highest BCUT2D eigenvalue weighted by atomic mass is 16.5. The summed E-state index contributed by atoms with van der Waals surface area (Å²) in [7, 11) is 4.49. The number of nitrogens with one attached hydrogen (secondary N) is 4. The van der Waals surface area contributed by atoms with Crippen LogP contribution in [0.3, 0.4) is 0 Å². The molecular weight excluding hydrogens is 580 g/mol. The van der Waals surface area contributed by atoms with Crippen LogP contribution >= 0.6 is 0 Å². The van der Waals surface area contributed by atoms with E-state index < -0.39 is 29.9 Å². The van der Waals surface area contributed by atoms with Crippen LogP contribution < -0.4 is 35.5 Å². The van der Waals surface area contributed by atoms with Crippen molar-refractivity contribution in [3.63, 3.8) is 0 Å². The Morgan fingerprint density at radius 1 is 0.667 bits per heavy atom. The number of carbonyl (C=O) groups is 4. The molecule has 1 unspecified atom stereocenters. The van der Waals surface area contributed by atoms with Crippen LogP contribution in [0.4, 0.5) is 21.9 Å². The lowest BCUT2D eigenvalue weighted by atomic mass is 10.0. The van der Waals surface area contributed by atoms with E-state index in [0.29, 0.717) is 39.9 Å². The van der Waals surface area contributed by atoms with Crippen molar-refractivity contribution in [1.82, 2.24) is 5.32 Å². The number of methoxy groups -OCH3 is 3. The van der Waals surface area contributed by atoms with Crippen LogP contribution in [0.5, 0.6) is 17.2 Å². The van der Waals surface area contributed by atoms with Crippen LogP contribution in [-0.2, 0) is 4.79 Å². The molecule has 0 fully saturated rings. The highest BCUT2D eigenvalue weighted by Crippen LogP contribution is 2.31. The molecule has 0 saturated carbocycles. The van der Waals surface area contributed by atoms with Crippen molar-refractivity contribution in [2.75, 3.05) is 37.3 Å². The lowest BCUT2D eigenvalue weighted by molar-refractivity contribution is -0.116. The Morgan fingerprint density at radius 3 is 1.89 bits per heavy atom. The zero-order valence-electron chi connectivity index (χ0n) is 24.7. The van der Waals surface area contributed by atoms with Crippen molar-refractivity contribution < 1.29 is 38.5 Å². The number of para-hydroxylation sites is 2. The molecule has 0 aliphatic heterocycles.